The van der Waals surface area contributed by atoms with Gasteiger partial charge in [0.15, 0.2) is 0 Å². The molecule has 6 heteroatoms. The monoisotopic (exact) mass is 341 g/mol. The number of nitrogens with one attached hydrogen (secondary N) is 1. The molecule has 5 nitrogen and oxygen atoms in total. The van der Waals surface area contributed by atoms with Crippen LogP contribution in [0.5, 0.6) is 5.75 Å². The van der Waals surface area contributed by atoms with Gasteiger partial charge in [0, 0.05) is 16.2 Å². The third-order valence-corrected chi connectivity index (χ3v) is 4.00. The smallest absolute Gasteiger partial charge is 0.307 e. The summed E-state index contributed by atoms with van der Waals surface area (Å²) in [4.78, 5) is 23.3. The zero-order valence-corrected chi connectivity index (χ0v) is 12.6. The summed E-state index contributed by atoms with van der Waals surface area (Å²) in [5.41, 5.74) is 0.595. The lowest BCUT2D eigenvalue weighted by molar-refractivity contribution is -0.145. The van der Waals surface area contributed by atoms with Crippen LogP contribution in [0.25, 0.3) is 0 Å². The Kier molecular flexibility index (Phi) is 4.65. The second-order valence-corrected chi connectivity index (χ2v) is 5.77. The number of carboxylic acid groups (broad SMARTS) is 1. The molecule has 0 heterocycles. The summed E-state index contributed by atoms with van der Waals surface area (Å²) in [6, 6.07) is 5.24. The Balaban J connectivity index is 2.11. The molecule has 0 bridgehead atoms. The molecule has 2 N–H and O–H groups in total. The van der Waals surface area contributed by atoms with Gasteiger partial charge in [-0.1, -0.05) is 22.4 Å². The fourth-order valence-electron chi connectivity index (χ4n) is 2.56. The number of hydrogen-bond donors (Lipinski definition) is 2. The maximum atomic E-state index is 12.2. The highest BCUT2D eigenvalue weighted by Gasteiger charge is 2.37. The number of methoxy groups -OCH3 is 1. The normalized spacial score (nSPS) is 21.5. The number of hydrogen-bond acceptors (Lipinski definition) is 3. The number of halogens is 1. The Morgan fingerprint density at radius 2 is 2.00 bits per heavy atom. The predicted molar refractivity (Wildman–Crippen MR) is 77.8 cm³/mol. The highest BCUT2D eigenvalue weighted by atomic mass is 79.9. The van der Waals surface area contributed by atoms with E-state index in [1.807, 2.05) is 0 Å². The molecule has 1 aromatic carbocycles. The van der Waals surface area contributed by atoms with Crippen molar-refractivity contribution in [2.75, 3.05) is 12.4 Å². The van der Waals surface area contributed by atoms with Gasteiger partial charge in [0.2, 0.25) is 5.91 Å². The van der Waals surface area contributed by atoms with E-state index < -0.39 is 17.8 Å². The van der Waals surface area contributed by atoms with Gasteiger partial charge in [-0.05, 0) is 25.0 Å². The molecule has 1 aliphatic rings. The largest absolute Gasteiger partial charge is 0.497 e. The van der Waals surface area contributed by atoms with Crippen molar-refractivity contribution in [2.24, 2.45) is 11.8 Å². The van der Waals surface area contributed by atoms with Crippen molar-refractivity contribution in [1.82, 2.24) is 0 Å². The number of aliphatic carboxylic acids is 1. The van der Waals surface area contributed by atoms with Gasteiger partial charge in [0.25, 0.3) is 0 Å². The summed E-state index contributed by atoms with van der Waals surface area (Å²) >= 11 is 3.34. The van der Waals surface area contributed by atoms with E-state index in [-0.39, 0.29) is 5.91 Å². The minimum Gasteiger partial charge on any atom is -0.497 e. The second-order valence-electron chi connectivity index (χ2n) is 4.85. The first-order valence-corrected chi connectivity index (χ1v) is 7.19. The van der Waals surface area contributed by atoms with Gasteiger partial charge in [0.05, 0.1) is 18.9 Å². The van der Waals surface area contributed by atoms with Gasteiger partial charge < -0.3 is 15.2 Å². The number of amides is 1. The van der Waals surface area contributed by atoms with Crippen LogP contribution in [0.2, 0.25) is 0 Å². The molecule has 0 radical (unpaired) electrons. The molecule has 0 spiro atoms. The summed E-state index contributed by atoms with van der Waals surface area (Å²) in [6.45, 7) is 0. The fraction of sp³-hybridized carbons (Fsp3) is 0.429. The average Bonchev–Trinajstić information content (AvgIpc) is 2.87. The number of benzene rings is 1. The summed E-state index contributed by atoms with van der Waals surface area (Å²) in [5, 5.41) is 11.9. The number of rotatable bonds is 4. The van der Waals surface area contributed by atoms with Crippen molar-refractivity contribution in [3.8, 4) is 5.75 Å². The van der Waals surface area contributed by atoms with Crippen LogP contribution >= 0.6 is 15.9 Å². The molecule has 0 unspecified atom stereocenters. The quantitative estimate of drug-likeness (QED) is 0.882. The number of anilines is 1. The van der Waals surface area contributed by atoms with Gasteiger partial charge in [-0.15, -0.1) is 0 Å². The molecule has 2 rings (SSSR count). The van der Waals surface area contributed by atoms with Gasteiger partial charge in [-0.3, -0.25) is 9.59 Å². The average molecular weight is 342 g/mol. The van der Waals surface area contributed by atoms with E-state index in [2.05, 4.69) is 21.2 Å². The van der Waals surface area contributed by atoms with Crippen LogP contribution in [0.1, 0.15) is 19.3 Å². The number of carboxylic acids is 1. The summed E-state index contributed by atoms with van der Waals surface area (Å²) in [7, 11) is 1.55. The second kappa shape index (κ2) is 6.26. The van der Waals surface area contributed by atoms with Crippen LogP contribution in [0.4, 0.5) is 5.69 Å². The lowest BCUT2D eigenvalue weighted by Crippen LogP contribution is -2.29. The van der Waals surface area contributed by atoms with Crippen LogP contribution in [0.15, 0.2) is 22.7 Å². The van der Waals surface area contributed by atoms with Crippen molar-refractivity contribution >= 4 is 33.5 Å². The molecule has 0 aliphatic heterocycles. The molecular formula is C14H16BrNO4. The molecule has 1 amide bonds. The molecule has 1 aromatic rings. The van der Waals surface area contributed by atoms with Crippen LogP contribution in [0, 0.1) is 11.8 Å². The Labute approximate surface area is 125 Å². The van der Waals surface area contributed by atoms with E-state index >= 15 is 0 Å². The fourth-order valence-corrected chi connectivity index (χ4v) is 3.03. The minimum atomic E-state index is -0.894. The molecule has 108 valence electrons. The third-order valence-electron chi connectivity index (χ3n) is 3.54. The number of ether oxygens (including phenoxy) is 1. The molecule has 1 saturated carbocycles. The number of carbonyl (C=O) groups excluding carboxylic acids is 1. The Bertz CT molecular complexity index is 532. The van der Waals surface area contributed by atoms with Crippen molar-refractivity contribution in [2.45, 2.75) is 19.3 Å². The molecule has 0 aromatic heterocycles. The first-order valence-electron chi connectivity index (χ1n) is 6.39. The standard InChI is InChI=1S/C14H16BrNO4/c1-20-10-6-8(15)5-9(7-10)16-13(17)11-3-2-4-12(11)14(18)19/h5-7,11-12H,2-4H2,1H3,(H,16,17)(H,18,19)/t11-,12+/m1/s1. The summed E-state index contributed by atoms with van der Waals surface area (Å²) in [6.07, 6.45) is 1.96. The Morgan fingerprint density at radius 3 is 2.65 bits per heavy atom. The van der Waals surface area contributed by atoms with E-state index in [1.54, 1.807) is 25.3 Å². The van der Waals surface area contributed by atoms with E-state index in [1.165, 1.54) is 0 Å². The van der Waals surface area contributed by atoms with Crippen LogP contribution in [-0.2, 0) is 9.59 Å². The van der Waals surface area contributed by atoms with Crippen LogP contribution in [-0.4, -0.2) is 24.1 Å². The topological polar surface area (TPSA) is 75.6 Å². The van der Waals surface area contributed by atoms with E-state index in [4.69, 9.17) is 9.84 Å². The lowest BCUT2D eigenvalue weighted by Gasteiger charge is -2.16. The predicted octanol–water partition coefficient (Wildman–Crippen LogP) is 2.90. The van der Waals surface area contributed by atoms with Crippen molar-refractivity contribution in [3.63, 3.8) is 0 Å². The van der Waals surface area contributed by atoms with E-state index in [0.717, 1.165) is 10.9 Å². The summed E-state index contributed by atoms with van der Waals surface area (Å²) < 4.78 is 5.91. The molecule has 1 aliphatic carbocycles. The van der Waals surface area contributed by atoms with Gasteiger partial charge in [-0.25, -0.2) is 0 Å². The van der Waals surface area contributed by atoms with Gasteiger partial charge in [0.1, 0.15) is 5.75 Å². The van der Waals surface area contributed by atoms with Crippen LogP contribution in [0.3, 0.4) is 0 Å². The van der Waals surface area contributed by atoms with Crippen molar-refractivity contribution in [1.29, 1.82) is 0 Å². The zero-order chi connectivity index (χ0) is 14.7. The van der Waals surface area contributed by atoms with E-state index in [0.29, 0.717) is 24.3 Å². The maximum absolute atomic E-state index is 12.2. The molecule has 1 fully saturated rings. The van der Waals surface area contributed by atoms with E-state index in [9.17, 15) is 9.59 Å². The summed E-state index contributed by atoms with van der Waals surface area (Å²) in [5.74, 6) is -1.55. The first-order chi connectivity index (χ1) is 9.51. The molecule has 2 atom stereocenters. The molecule has 20 heavy (non-hydrogen) atoms. The number of carbonyl (C=O) groups is 2. The third kappa shape index (κ3) is 3.30. The minimum absolute atomic E-state index is 0.241. The molecular weight excluding hydrogens is 326 g/mol. The Morgan fingerprint density at radius 1 is 1.30 bits per heavy atom. The Hall–Kier alpha value is -1.56. The lowest BCUT2D eigenvalue weighted by atomic mass is 9.95. The van der Waals surface area contributed by atoms with Crippen molar-refractivity contribution < 1.29 is 19.4 Å². The van der Waals surface area contributed by atoms with Gasteiger partial charge in [-0.2, -0.15) is 0 Å². The first kappa shape index (κ1) is 14.8. The maximum Gasteiger partial charge on any atom is 0.307 e. The molecule has 0 saturated heterocycles. The SMILES string of the molecule is COc1cc(Br)cc(NC(=O)[C@@H]2CCC[C@@H]2C(=O)O)c1. The van der Waals surface area contributed by atoms with Crippen LogP contribution < -0.4 is 10.1 Å². The highest BCUT2D eigenvalue weighted by molar-refractivity contribution is 9.10. The van der Waals surface area contributed by atoms with Gasteiger partial charge >= 0.3 is 5.97 Å². The highest BCUT2D eigenvalue weighted by Crippen LogP contribution is 2.33. The zero-order valence-electron chi connectivity index (χ0n) is 11.1. The van der Waals surface area contributed by atoms with Crippen molar-refractivity contribution in [3.05, 3.63) is 22.7 Å².